The molecule has 0 unspecified atom stereocenters. The second-order valence-corrected chi connectivity index (χ2v) is 8.42. The van der Waals surface area contributed by atoms with Crippen LogP contribution in [-0.2, 0) is 13.0 Å². The van der Waals surface area contributed by atoms with Crippen LogP contribution in [-0.4, -0.2) is 31.0 Å². The highest BCUT2D eigenvalue weighted by atomic mass is 16.7. The first-order valence-corrected chi connectivity index (χ1v) is 11.5. The van der Waals surface area contributed by atoms with Gasteiger partial charge in [-0.2, -0.15) is 5.10 Å². The number of carboxylic acid groups (broad SMARTS) is 1. The highest BCUT2D eigenvalue weighted by molar-refractivity contribution is 5.73. The standard InChI is InChI=1S/C25H30N4O3/c1-2-3-9-23-27-24(20-7-5-4-6-8-20)28-29(23)17-18-10-12-19(13-11-18)21-16-26-15-14-22(21)32-25(30)31/h10-16,20H,2-9,17H2,1H3,(H,30,31). The fourth-order valence-corrected chi connectivity index (χ4v) is 4.32. The van der Waals surface area contributed by atoms with E-state index >= 15 is 0 Å². The Morgan fingerprint density at radius 2 is 1.94 bits per heavy atom. The van der Waals surface area contributed by atoms with Crippen LogP contribution in [0.5, 0.6) is 5.75 Å². The molecule has 7 nitrogen and oxygen atoms in total. The lowest BCUT2D eigenvalue weighted by Crippen LogP contribution is -2.09. The first-order chi connectivity index (χ1) is 15.6. The van der Waals surface area contributed by atoms with E-state index in [0.29, 0.717) is 18.0 Å². The van der Waals surface area contributed by atoms with Crippen molar-refractivity contribution in [3.63, 3.8) is 0 Å². The number of hydrogen-bond acceptors (Lipinski definition) is 5. The van der Waals surface area contributed by atoms with E-state index in [1.165, 1.54) is 38.3 Å². The number of unbranched alkanes of at least 4 members (excludes halogenated alkanes) is 1. The third kappa shape index (κ3) is 5.33. The van der Waals surface area contributed by atoms with Gasteiger partial charge in [0.25, 0.3) is 0 Å². The average Bonchev–Trinajstić information content (AvgIpc) is 3.21. The first kappa shape index (κ1) is 22.0. The van der Waals surface area contributed by atoms with E-state index < -0.39 is 6.16 Å². The number of nitrogens with zero attached hydrogens (tertiary/aromatic N) is 4. The van der Waals surface area contributed by atoms with Crippen molar-refractivity contribution in [3.05, 3.63) is 59.9 Å². The highest BCUT2D eigenvalue weighted by Crippen LogP contribution is 2.32. The zero-order valence-corrected chi connectivity index (χ0v) is 18.5. The van der Waals surface area contributed by atoms with E-state index in [9.17, 15) is 4.79 Å². The van der Waals surface area contributed by atoms with E-state index in [1.54, 1.807) is 12.3 Å². The van der Waals surface area contributed by atoms with E-state index in [1.807, 2.05) is 24.3 Å². The zero-order valence-electron chi connectivity index (χ0n) is 18.5. The third-order valence-electron chi connectivity index (χ3n) is 6.06. The quantitative estimate of drug-likeness (QED) is 0.448. The van der Waals surface area contributed by atoms with Gasteiger partial charge in [0, 0.05) is 36.4 Å². The number of ether oxygens (including phenoxy) is 1. The summed E-state index contributed by atoms with van der Waals surface area (Å²) >= 11 is 0. The molecule has 1 fully saturated rings. The Hall–Kier alpha value is -3.22. The summed E-state index contributed by atoms with van der Waals surface area (Å²) < 4.78 is 6.96. The van der Waals surface area contributed by atoms with Crippen molar-refractivity contribution in [3.8, 4) is 16.9 Å². The smallest absolute Gasteiger partial charge is 0.449 e. The number of carbonyl (C=O) groups is 1. The summed E-state index contributed by atoms with van der Waals surface area (Å²) in [7, 11) is 0. The Morgan fingerprint density at radius 3 is 2.66 bits per heavy atom. The molecule has 0 amide bonds. The molecule has 0 bridgehead atoms. The first-order valence-electron chi connectivity index (χ1n) is 11.5. The Bertz CT molecular complexity index is 1040. The monoisotopic (exact) mass is 434 g/mol. The molecule has 1 N–H and O–H groups in total. The van der Waals surface area contributed by atoms with Gasteiger partial charge in [0.15, 0.2) is 5.82 Å². The summed E-state index contributed by atoms with van der Waals surface area (Å²) in [6.45, 7) is 2.87. The zero-order chi connectivity index (χ0) is 22.3. The summed E-state index contributed by atoms with van der Waals surface area (Å²) in [5, 5.41) is 13.9. The number of aromatic nitrogens is 4. The molecule has 0 saturated heterocycles. The van der Waals surface area contributed by atoms with Crippen LogP contribution in [0.2, 0.25) is 0 Å². The molecule has 7 heteroatoms. The fraction of sp³-hybridized carbons (Fsp3) is 0.440. The van der Waals surface area contributed by atoms with E-state index in [0.717, 1.165) is 42.0 Å². The molecule has 168 valence electrons. The van der Waals surface area contributed by atoms with Gasteiger partial charge >= 0.3 is 6.16 Å². The molecule has 2 heterocycles. The SMILES string of the molecule is CCCCc1nc(C2CCCCC2)nn1Cc1ccc(-c2cnccc2OC(=O)O)cc1. The third-order valence-corrected chi connectivity index (χ3v) is 6.06. The summed E-state index contributed by atoms with van der Waals surface area (Å²) in [5.41, 5.74) is 2.62. The van der Waals surface area contributed by atoms with E-state index in [4.69, 9.17) is 19.9 Å². The predicted octanol–water partition coefficient (Wildman–Crippen LogP) is 5.84. The van der Waals surface area contributed by atoms with Crippen molar-refractivity contribution >= 4 is 6.16 Å². The van der Waals surface area contributed by atoms with Crippen LogP contribution >= 0.6 is 0 Å². The maximum Gasteiger partial charge on any atom is 0.511 e. The van der Waals surface area contributed by atoms with Gasteiger partial charge in [0.2, 0.25) is 0 Å². The topological polar surface area (TPSA) is 90.1 Å². The van der Waals surface area contributed by atoms with Crippen LogP contribution in [0, 0.1) is 0 Å². The maximum atomic E-state index is 11.0. The molecule has 1 aliphatic carbocycles. The van der Waals surface area contributed by atoms with Crippen LogP contribution in [0.15, 0.2) is 42.7 Å². The summed E-state index contributed by atoms with van der Waals surface area (Å²) in [6, 6.07) is 9.56. The van der Waals surface area contributed by atoms with Crippen molar-refractivity contribution < 1.29 is 14.6 Å². The number of benzene rings is 1. The highest BCUT2D eigenvalue weighted by Gasteiger charge is 2.21. The van der Waals surface area contributed by atoms with Crippen LogP contribution in [0.25, 0.3) is 11.1 Å². The van der Waals surface area contributed by atoms with Gasteiger partial charge < -0.3 is 9.84 Å². The Labute approximate surface area is 188 Å². The molecule has 32 heavy (non-hydrogen) atoms. The minimum Gasteiger partial charge on any atom is -0.449 e. The molecule has 3 aromatic rings. The average molecular weight is 435 g/mol. The van der Waals surface area contributed by atoms with Gasteiger partial charge in [-0.25, -0.2) is 14.5 Å². The molecule has 0 radical (unpaired) electrons. The molecular formula is C25H30N4O3. The van der Waals surface area contributed by atoms with E-state index in [2.05, 4.69) is 16.6 Å². The normalized spacial score (nSPS) is 14.4. The fourth-order valence-electron chi connectivity index (χ4n) is 4.32. The summed E-state index contributed by atoms with van der Waals surface area (Å²) in [5.74, 6) is 2.85. The largest absolute Gasteiger partial charge is 0.511 e. The molecule has 1 saturated carbocycles. The minimum absolute atomic E-state index is 0.274. The van der Waals surface area contributed by atoms with Crippen molar-refractivity contribution in [1.29, 1.82) is 0 Å². The predicted molar refractivity (Wildman–Crippen MR) is 122 cm³/mol. The molecule has 1 aliphatic rings. The van der Waals surface area contributed by atoms with Crippen LogP contribution in [0.4, 0.5) is 4.79 Å². The van der Waals surface area contributed by atoms with Crippen molar-refractivity contribution in [2.24, 2.45) is 0 Å². The lowest BCUT2D eigenvalue weighted by atomic mass is 9.89. The van der Waals surface area contributed by atoms with Gasteiger partial charge in [0.1, 0.15) is 11.6 Å². The van der Waals surface area contributed by atoms with Crippen molar-refractivity contribution in [2.75, 3.05) is 0 Å². The lowest BCUT2D eigenvalue weighted by Gasteiger charge is -2.18. The Kier molecular flexibility index (Phi) is 7.14. The van der Waals surface area contributed by atoms with Crippen molar-refractivity contribution in [2.45, 2.75) is 70.8 Å². The summed E-state index contributed by atoms with van der Waals surface area (Å²) in [4.78, 5) is 20.0. The maximum absolute atomic E-state index is 11.0. The Balaban J connectivity index is 1.54. The number of aryl methyl sites for hydroxylation is 1. The summed E-state index contributed by atoms with van der Waals surface area (Å²) in [6.07, 6.45) is 11.2. The van der Waals surface area contributed by atoms with Crippen LogP contribution < -0.4 is 4.74 Å². The molecule has 1 aromatic carbocycles. The Morgan fingerprint density at radius 1 is 1.16 bits per heavy atom. The number of pyridine rings is 1. The lowest BCUT2D eigenvalue weighted by molar-refractivity contribution is 0.144. The molecule has 4 rings (SSSR count). The van der Waals surface area contributed by atoms with Crippen LogP contribution in [0.1, 0.15) is 75.0 Å². The van der Waals surface area contributed by atoms with Gasteiger partial charge in [-0.15, -0.1) is 0 Å². The second kappa shape index (κ2) is 10.4. The second-order valence-electron chi connectivity index (χ2n) is 8.42. The molecule has 0 aliphatic heterocycles. The number of hydrogen-bond donors (Lipinski definition) is 1. The van der Waals surface area contributed by atoms with Gasteiger partial charge in [0.05, 0.1) is 6.54 Å². The van der Waals surface area contributed by atoms with Gasteiger partial charge in [-0.1, -0.05) is 56.9 Å². The molecular weight excluding hydrogens is 404 g/mol. The number of rotatable bonds is 8. The van der Waals surface area contributed by atoms with E-state index in [-0.39, 0.29) is 5.75 Å². The van der Waals surface area contributed by atoms with Crippen LogP contribution in [0.3, 0.4) is 0 Å². The minimum atomic E-state index is -1.34. The molecule has 0 atom stereocenters. The van der Waals surface area contributed by atoms with Crippen molar-refractivity contribution in [1.82, 2.24) is 19.7 Å². The molecule has 0 spiro atoms. The van der Waals surface area contributed by atoms with Gasteiger partial charge in [-0.05, 0) is 30.4 Å². The molecule has 2 aromatic heterocycles. The van der Waals surface area contributed by atoms with Gasteiger partial charge in [-0.3, -0.25) is 4.98 Å².